The summed E-state index contributed by atoms with van der Waals surface area (Å²) in [6, 6.07) is -1.35. The molecular weight excluding hydrogens is 481 g/mol. The topological polar surface area (TPSA) is 113 Å². The molecule has 3 rings (SSSR count). The predicted molar refractivity (Wildman–Crippen MR) is 120 cm³/mol. The van der Waals surface area contributed by atoms with Crippen LogP contribution < -0.4 is 16.0 Å². The number of thiazole rings is 1. The van der Waals surface area contributed by atoms with Crippen molar-refractivity contribution in [2.75, 3.05) is 0 Å². The maximum atomic E-state index is 13.1. The molecule has 4 bridgehead atoms. The molecule has 0 unspecified atom stereocenters. The first-order valence-electron chi connectivity index (χ1n) is 10.4. The molecule has 3 heterocycles. The molecule has 2 aromatic heterocycles. The van der Waals surface area contributed by atoms with Crippen molar-refractivity contribution in [1.29, 1.82) is 0 Å². The van der Waals surface area contributed by atoms with Crippen LogP contribution in [0.15, 0.2) is 10.3 Å². The normalized spacial score (nSPS) is 22.7. The SMILES string of the molecule is CC(C)[C@@H]1NC(=O)c2c[se]c(n2)[C@H](C(C)C)NC(=O)c2csc(n2)[C@H](C(C)C)NC1=O. The van der Waals surface area contributed by atoms with Crippen LogP contribution in [0.25, 0.3) is 0 Å². The van der Waals surface area contributed by atoms with Crippen molar-refractivity contribution in [3.8, 4) is 0 Å². The summed E-state index contributed by atoms with van der Waals surface area (Å²) >= 11 is 1.20. The Morgan fingerprint density at radius 3 is 2.00 bits per heavy atom. The average molecular weight is 511 g/mol. The van der Waals surface area contributed by atoms with E-state index in [9.17, 15) is 14.4 Å². The van der Waals surface area contributed by atoms with Crippen molar-refractivity contribution in [3.05, 3.63) is 31.3 Å². The molecule has 10 heteroatoms. The second-order valence-electron chi connectivity index (χ2n) is 8.76. The maximum absolute atomic E-state index is 13.1. The van der Waals surface area contributed by atoms with Crippen LogP contribution in [-0.4, -0.2) is 48.2 Å². The van der Waals surface area contributed by atoms with Crippen molar-refractivity contribution >= 4 is 43.6 Å². The number of hydrogen-bond acceptors (Lipinski definition) is 6. The zero-order valence-electron chi connectivity index (χ0n) is 18.6. The Bertz CT molecular complexity index is 968. The third-order valence-corrected chi connectivity index (χ3v) is 8.07. The van der Waals surface area contributed by atoms with E-state index < -0.39 is 6.04 Å². The minimum absolute atomic E-state index is 0.0561. The fraction of sp³-hybridized carbons (Fsp3) is 0.571. The molecule has 0 saturated carbocycles. The first-order valence-corrected chi connectivity index (χ1v) is 13.1. The van der Waals surface area contributed by atoms with E-state index in [1.807, 2.05) is 41.5 Å². The third-order valence-electron chi connectivity index (χ3n) is 5.19. The summed E-state index contributed by atoms with van der Waals surface area (Å²) in [6.07, 6.45) is 0. The van der Waals surface area contributed by atoms with E-state index in [-0.39, 0.29) is 62.1 Å². The number of carbonyl (C=O) groups is 3. The Labute approximate surface area is 192 Å². The number of hydrogen-bond donors (Lipinski definition) is 3. The zero-order valence-corrected chi connectivity index (χ0v) is 21.1. The predicted octanol–water partition coefficient (Wildman–Crippen LogP) is 2.30. The van der Waals surface area contributed by atoms with Crippen molar-refractivity contribution in [1.82, 2.24) is 25.9 Å². The minimum atomic E-state index is -0.702. The van der Waals surface area contributed by atoms with Gasteiger partial charge in [0.25, 0.3) is 0 Å². The molecule has 0 aliphatic carbocycles. The standard InChI is InChI=1S/C21H29N5O3SSe/c1-9(2)14-19(29)25-15(10(3)4)20-22-12(7-30-20)17(27)26-16(11(5)6)21-23-13(8-31-21)18(28)24-14/h7-11,14-16H,1-6H3,(H,24,28)(H,25,29)(H,26,27)/t14-,15-,16-/m0/s1. The molecule has 0 saturated heterocycles. The van der Waals surface area contributed by atoms with Crippen LogP contribution in [0, 0.1) is 17.8 Å². The van der Waals surface area contributed by atoms with Gasteiger partial charge in [-0.1, -0.05) is 0 Å². The molecule has 1 aliphatic rings. The molecule has 0 fully saturated rings. The van der Waals surface area contributed by atoms with Gasteiger partial charge in [-0.2, -0.15) is 0 Å². The molecule has 0 aromatic carbocycles. The van der Waals surface area contributed by atoms with Gasteiger partial charge in [-0.05, 0) is 0 Å². The van der Waals surface area contributed by atoms with E-state index in [1.54, 1.807) is 10.3 Å². The van der Waals surface area contributed by atoms with Gasteiger partial charge in [0.2, 0.25) is 0 Å². The van der Waals surface area contributed by atoms with Gasteiger partial charge >= 0.3 is 193 Å². The fourth-order valence-electron chi connectivity index (χ4n) is 3.30. The van der Waals surface area contributed by atoms with Crippen molar-refractivity contribution in [2.24, 2.45) is 17.8 Å². The van der Waals surface area contributed by atoms with E-state index in [1.165, 1.54) is 11.3 Å². The van der Waals surface area contributed by atoms with Gasteiger partial charge in [-0.3, -0.25) is 0 Å². The quantitative estimate of drug-likeness (QED) is 0.549. The van der Waals surface area contributed by atoms with Gasteiger partial charge in [0.1, 0.15) is 0 Å². The zero-order chi connectivity index (χ0) is 22.9. The number of rotatable bonds is 3. The number of fused-ring (bicyclic) bond motifs is 4. The van der Waals surface area contributed by atoms with Crippen LogP contribution in [0.3, 0.4) is 0 Å². The van der Waals surface area contributed by atoms with E-state index in [0.29, 0.717) is 16.4 Å². The third kappa shape index (κ3) is 5.25. The average Bonchev–Trinajstić information content (AvgIpc) is 3.36. The van der Waals surface area contributed by atoms with Crippen LogP contribution in [0.2, 0.25) is 0 Å². The first kappa shape index (κ1) is 23.6. The van der Waals surface area contributed by atoms with Gasteiger partial charge in [0, 0.05) is 0 Å². The molecule has 3 N–H and O–H groups in total. The van der Waals surface area contributed by atoms with Crippen LogP contribution in [0.1, 0.15) is 84.2 Å². The Morgan fingerprint density at radius 1 is 0.806 bits per heavy atom. The summed E-state index contributed by atoms with van der Waals surface area (Å²) in [5, 5.41) is 11.3. The summed E-state index contributed by atoms with van der Waals surface area (Å²) in [4.78, 5) is 49.8. The van der Waals surface area contributed by atoms with E-state index in [0.717, 1.165) is 4.57 Å². The Hall–Kier alpha value is -2.03. The molecule has 168 valence electrons. The number of amides is 3. The molecule has 2 aromatic rings. The molecule has 31 heavy (non-hydrogen) atoms. The summed E-state index contributed by atoms with van der Waals surface area (Å²) in [5.74, 6) is -0.869. The summed E-state index contributed by atoms with van der Waals surface area (Å²) in [5.41, 5.74) is 0.633. The van der Waals surface area contributed by atoms with Crippen molar-refractivity contribution in [3.63, 3.8) is 0 Å². The van der Waals surface area contributed by atoms with Gasteiger partial charge in [-0.15, -0.1) is 0 Å². The molecule has 3 atom stereocenters. The number of carbonyl (C=O) groups excluding carboxylic acids is 3. The van der Waals surface area contributed by atoms with Gasteiger partial charge in [0.15, 0.2) is 0 Å². The number of nitrogens with zero attached hydrogens (tertiary/aromatic N) is 2. The van der Waals surface area contributed by atoms with Gasteiger partial charge in [-0.25, -0.2) is 0 Å². The van der Waals surface area contributed by atoms with E-state index >= 15 is 0 Å². The molecule has 0 radical (unpaired) electrons. The second-order valence-corrected chi connectivity index (χ2v) is 11.5. The Balaban J connectivity index is 2.07. The van der Waals surface area contributed by atoms with Crippen molar-refractivity contribution < 1.29 is 14.4 Å². The summed E-state index contributed by atoms with van der Waals surface area (Å²) in [7, 11) is 0. The van der Waals surface area contributed by atoms with Crippen molar-refractivity contribution in [2.45, 2.75) is 59.7 Å². The monoisotopic (exact) mass is 511 g/mol. The number of aromatic nitrogens is 2. The van der Waals surface area contributed by atoms with Crippen LogP contribution in [0.4, 0.5) is 0 Å². The Kier molecular flexibility index (Phi) is 7.34. The first-order chi connectivity index (χ1) is 14.6. The molecule has 0 spiro atoms. The molecular formula is C21H29N5O3SSe. The summed E-state index contributed by atoms with van der Waals surface area (Å²) < 4.78 is 0.789. The van der Waals surface area contributed by atoms with Crippen LogP contribution in [0.5, 0.6) is 0 Å². The Morgan fingerprint density at radius 2 is 1.39 bits per heavy atom. The van der Waals surface area contributed by atoms with Crippen LogP contribution in [-0.2, 0) is 4.79 Å². The molecule has 3 amide bonds. The molecule has 8 nitrogen and oxygen atoms in total. The van der Waals surface area contributed by atoms with Gasteiger partial charge < -0.3 is 0 Å². The van der Waals surface area contributed by atoms with E-state index in [4.69, 9.17) is 0 Å². The second kappa shape index (κ2) is 9.63. The number of nitrogens with one attached hydrogen (secondary N) is 3. The summed E-state index contributed by atoms with van der Waals surface area (Å²) in [6.45, 7) is 11.8. The molecule has 1 aliphatic heterocycles. The van der Waals surface area contributed by atoms with E-state index in [2.05, 4.69) is 25.9 Å². The fourth-order valence-corrected chi connectivity index (χ4v) is 6.47. The van der Waals surface area contributed by atoms with Gasteiger partial charge in [0.05, 0.1) is 0 Å². The van der Waals surface area contributed by atoms with Crippen LogP contribution >= 0.6 is 11.3 Å².